The largest absolute Gasteiger partial charge is 0.314 e. The van der Waals surface area contributed by atoms with Gasteiger partial charge < -0.3 is 5.32 Å². The zero-order chi connectivity index (χ0) is 12.7. The van der Waals surface area contributed by atoms with Gasteiger partial charge in [0.25, 0.3) is 0 Å². The Bertz CT molecular complexity index is 335. The first kappa shape index (κ1) is 14.5. The molecule has 0 heterocycles. The Labute approximate surface area is 108 Å². The third-order valence-corrected chi connectivity index (χ3v) is 3.27. The van der Waals surface area contributed by atoms with Crippen molar-refractivity contribution < 1.29 is 4.39 Å². The van der Waals surface area contributed by atoms with E-state index in [1.165, 1.54) is 12.1 Å². The van der Waals surface area contributed by atoms with Crippen molar-refractivity contribution in [1.82, 2.24) is 5.32 Å². The van der Waals surface area contributed by atoms with E-state index in [2.05, 4.69) is 19.2 Å². The van der Waals surface area contributed by atoms with E-state index in [-0.39, 0.29) is 5.82 Å². The standard InChI is InChI=1S/C14H21ClFN/c1-3-5-13(17-4-2)8-6-11-10-12(16)7-9-14(11)15/h7,9-10,13,17H,3-6,8H2,1-2H3. The lowest BCUT2D eigenvalue weighted by atomic mass is 10.0. The van der Waals surface area contributed by atoms with Crippen LogP contribution in [0.5, 0.6) is 0 Å². The van der Waals surface area contributed by atoms with E-state index in [1.54, 1.807) is 6.07 Å². The summed E-state index contributed by atoms with van der Waals surface area (Å²) >= 11 is 6.05. The Kier molecular flexibility index (Phi) is 6.53. The molecule has 17 heavy (non-hydrogen) atoms. The van der Waals surface area contributed by atoms with Crippen molar-refractivity contribution >= 4 is 11.6 Å². The average Bonchev–Trinajstić information content (AvgIpc) is 2.30. The molecule has 0 aliphatic heterocycles. The fourth-order valence-corrected chi connectivity index (χ4v) is 2.26. The summed E-state index contributed by atoms with van der Waals surface area (Å²) in [6.45, 7) is 5.26. The number of aryl methyl sites for hydroxylation is 1. The second kappa shape index (κ2) is 7.67. The van der Waals surface area contributed by atoms with Crippen LogP contribution in [0.25, 0.3) is 0 Å². The van der Waals surface area contributed by atoms with E-state index < -0.39 is 0 Å². The highest BCUT2D eigenvalue weighted by Crippen LogP contribution is 2.19. The molecule has 0 amide bonds. The molecule has 0 saturated heterocycles. The number of benzene rings is 1. The molecule has 1 nitrogen and oxygen atoms in total. The van der Waals surface area contributed by atoms with Crippen molar-refractivity contribution in [2.24, 2.45) is 0 Å². The molecule has 96 valence electrons. The van der Waals surface area contributed by atoms with Gasteiger partial charge in [-0.1, -0.05) is 31.9 Å². The van der Waals surface area contributed by atoms with Crippen LogP contribution in [-0.4, -0.2) is 12.6 Å². The number of hydrogen-bond donors (Lipinski definition) is 1. The predicted octanol–water partition coefficient (Wildman–Crippen LogP) is 4.19. The van der Waals surface area contributed by atoms with Gasteiger partial charge in [0.05, 0.1) is 0 Å². The number of rotatable bonds is 7. The monoisotopic (exact) mass is 257 g/mol. The van der Waals surface area contributed by atoms with Crippen LogP contribution in [0.3, 0.4) is 0 Å². The summed E-state index contributed by atoms with van der Waals surface area (Å²) in [5.74, 6) is -0.208. The lowest BCUT2D eigenvalue weighted by Gasteiger charge is -2.17. The highest BCUT2D eigenvalue weighted by molar-refractivity contribution is 6.31. The molecule has 1 unspecified atom stereocenters. The van der Waals surface area contributed by atoms with E-state index in [0.717, 1.165) is 37.8 Å². The maximum Gasteiger partial charge on any atom is 0.123 e. The molecular formula is C14H21ClFN. The minimum absolute atomic E-state index is 0.208. The molecule has 0 saturated carbocycles. The van der Waals surface area contributed by atoms with Crippen molar-refractivity contribution in [3.63, 3.8) is 0 Å². The van der Waals surface area contributed by atoms with Gasteiger partial charge in [-0.25, -0.2) is 4.39 Å². The first-order chi connectivity index (χ1) is 8.17. The number of hydrogen-bond acceptors (Lipinski definition) is 1. The van der Waals surface area contributed by atoms with Gasteiger partial charge in [-0.15, -0.1) is 0 Å². The molecular weight excluding hydrogens is 237 g/mol. The Balaban J connectivity index is 2.55. The van der Waals surface area contributed by atoms with Crippen LogP contribution in [0, 0.1) is 5.82 Å². The van der Waals surface area contributed by atoms with Gasteiger partial charge in [-0.3, -0.25) is 0 Å². The Morgan fingerprint density at radius 3 is 2.71 bits per heavy atom. The molecule has 1 rings (SSSR count). The first-order valence-corrected chi connectivity index (χ1v) is 6.72. The Morgan fingerprint density at radius 2 is 2.06 bits per heavy atom. The maximum absolute atomic E-state index is 13.1. The van der Waals surface area contributed by atoms with Crippen LogP contribution in [0.2, 0.25) is 5.02 Å². The summed E-state index contributed by atoms with van der Waals surface area (Å²) in [5.41, 5.74) is 0.908. The zero-order valence-electron chi connectivity index (χ0n) is 10.6. The summed E-state index contributed by atoms with van der Waals surface area (Å²) in [7, 11) is 0. The summed E-state index contributed by atoms with van der Waals surface area (Å²) in [6, 6.07) is 5.08. The predicted molar refractivity (Wildman–Crippen MR) is 72.1 cm³/mol. The molecule has 0 aromatic heterocycles. The summed E-state index contributed by atoms with van der Waals surface area (Å²) in [4.78, 5) is 0. The van der Waals surface area contributed by atoms with E-state index in [1.807, 2.05) is 0 Å². The number of halogens is 2. The second-order valence-electron chi connectivity index (χ2n) is 4.32. The Morgan fingerprint density at radius 1 is 1.29 bits per heavy atom. The molecule has 1 aromatic carbocycles. The topological polar surface area (TPSA) is 12.0 Å². The smallest absolute Gasteiger partial charge is 0.123 e. The summed E-state index contributed by atoms with van der Waals surface area (Å²) in [5, 5.41) is 4.12. The van der Waals surface area contributed by atoms with Gasteiger partial charge in [-0.2, -0.15) is 0 Å². The highest BCUT2D eigenvalue weighted by atomic mass is 35.5. The highest BCUT2D eigenvalue weighted by Gasteiger charge is 2.08. The molecule has 0 radical (unpaired) electrons. The van der Waals surface area contributed by atoms with Gasteiger partial charge in [0.15, 0.2) is 0 Å². The van der Waals surface area contributed by atoms with Crippen molar-refractivity contribution in [3.8, 4) is 0 Å². The van der Waals surface area contributed by atoms with E-state index in [0.29, 0.717) is 11.1 Å². The molecule has 0 aliphatic carbocycles. The average molecular weight is 258 g/mol. The van der Waals surface area contributed by atoms with Gasteiger partial charge >= 0.3 is 0 Å². The van der Waals surface area contributed by atoms with Gasteiger partial charge in [0.1, 0.15) is 5.82 Å². The van der Waals surface area contributed by atoms with E-state index in [9.17, 15) is 4.39 Å². The maximum atomic E-state index is 13.1. The summed E-state index contributed by atoms with van der Waals surface area (Å²) < 4.78 is 13.1. The molecule has 0 fully saturated rings. The Hall–Kier alpha value is -0.600. The van der Waals surface area contributed by atoms with Crippen molar-refractivity contribution in [1.29, 1.82) is 0 Å². The fraction of sp³-hybridized carbons (Fsp3) is 0.571. The minimum Gasteiger partial charge on any atom is -0.314 e. The molecule has 1 atom stereocenters. The van der Waals surface area contributed by atoms with Gasteiger partial charge in [0.2, 0.25) is 0 Å². The lowest BCUT2D eigenvalue weighted by molar-refractivity contribution is 0.459. The quantitative estimate of drug-likeness (QED) is 0.772. The molecule has 0 spiro atoms. The third kappa shape index (κ3) is 5.05. The van der Waals surface area contributed by atoms with Crippen LogP contribution in [-0.2, 0) is 6.42 Å². The third-order valence-electron chi connectivity index (χ3n) is 2.90. The van der Waals surface area contributed by atoms with Gasteiger partial charge in [0, 0.05) is 11.1 Å². The van der Waals surface area contributed by atoms with Gasteiger partial charge in [-0.05, 0) is 49.6 Å². The molecule has 3 heteroatoms. The number of nitrogens with one attached hydrogen (secondary N) is 1. The van der Waals surface area contributed by atoms with Crippen LogP contribution >= 0.6 is 11.6 Å². The van der Waals surface area contributed by atoms with Crippen LogP contribution in [0.4, 0.5) is 4.39 Å². The molecule has 0 bridgehead atoms. The van der Waals surface area contributed by atoms with Crippen molar-refractivity contribution in [2.45, 2.75) is 45.6 Å². The second-order valence-corrected chi connectivity index (χ2v) is 4.72. The summed E-state index contributed by atoms with van der Waals surface area (Å²) in [6.07, 6.45) is 4.15. The first-order valence-electron chi connectivity index (χ1n) is 6.34. The van der Waals surface area contributed by atoms with Crippen LogP contribution < -0.4 is 5.32 Å². The molecule has 1 aromatic rings. The van der Waals surface area contributed by atoms with Crippen molar-refractivity contribution in [2.75, 3.05) is 6.54 Å². The minimum atomic E-state index is -0.208. The van der Waals surface area contributed by atoms with E-state index in [4.69, 9.17) is 11.6 Å². The van der Waals surface area contributed by atoms with Crippen LogP contribution in [0.1, 0.15) is 38.7 Å². The molecule has 1 N–H and O–H groups in total. The van der Waals surface area contributed by atoms with Crippen molar-refractivity contribution in [3.05, 3.63) is 34.6 Å². The fourth-order valence-electron chi connectivity index (χ4n) is 2.05. The SMILES string of the molecule is CCCC(CCc1cc(F)ccc1Cl)NCC. The lowest BCUT2D eigenvalue weighted by Crippen LogP contribution is -2.29. The molecule has 0 aliphatic rings. The normalized spacial score (nSPS) is 12.7. The van der Waals surface area contributed by atoms with E-state index >= 15 is 0 Å². The van der Waals surface area contributed by atoms with Crippen LogP contribution in [0.15, 0.2) is 18.2 Å². The zero-order valence-corrected chi connectivity index (χ0v) is 11.4.